The van der Waals surface area contributed by atoms with Gasteiger partial charge >= 0.3 is 5.97 Å². The predicted octanol–water partition coefficient (Wildman–Crippen LogP) is 9.90. The highest BCUT2D eigenvalue weighted by atomic mass is 32.1. The van der Waals surface area contributed by atoms with Crippen LogP contribution in [0.4, 0.5) is 16.6 Å². The second-order valence-electron chi connectivity index (χ2n) is 23.6. The van der Waals surface area contributed by atoms with Crippen molar-refractivity contribution in [2.45, 2.75) is 135 Å². The number of unbranched alkanes of at least 4 members (excludes halogenated alkanes) is 9. The summed E-state index contributed by atoms with van der Waals surface area (Å²) in [4.78, 5) is 104. The SMILES string of the molecule is C/C(NCC12CC3CC1CC(C(=O)NCCCCCCCCCCCCNc1cccc4c1C(=O)N(C1CCC(=O)NC1=O)C4=O)(C3)C2)=C(/C=N)c1ccc(N2CCc3cccc(C(=O)Nc4nc5ccccc5s4)c3C2)nc1C(=O)O. The van der Waals surface area contributed by atoms with E-state index in [-0.39, 0.29) is 52.3 Å². The molecule has 5 fully saturated rings. The Bertz CT molecular complexity index is 3380. The summed E-state index contributed by atoms with van der Waals surface area (Å²) in [6.07, 6.45) is 17.8. The molecule has 3 aliphatic heterocycles. The van der Waals surface area contributed by atoms with Crippen molar-refractivity contribution >= 4 is 91.4 Å². The van der Waals surface area contributed by atoms with Gasteiger partial charge in [0.2, 0.25) is 17.7 Å². The Morgan fingerprint density at radius 2 is 1.57 bits per heavy atom. The molecule has 82 heavy (non-hydrogen) atoms. The summed E-state index contributed by atoms with van der Waals surface area (Å²) in [7, 11) is 0. The molecule has 4 saturated carbocycles. The number of carbonyl (C=O) groups is 7. The third kappa shape index (κ3) is 11.3. The minimum atomic E-state index is -1.19. The molecule has 4 bridgehead atoms. The van der Waals surface area contributed by atoms with Crippen molar-refractivity contribution < 1.29 is 38.7 Å². The second kappa shape index (κ2) is 24.0. The van der Waals surface area contributed by atoms with E-state index >= 15 is 0 Å². The number of imide groups is 2. The third-order valence-electron chi connectivity index (χ3n) is 18.3. The first-order valence-corrected chi connectivity index (χ1v) is 30.2. The molecular weight excluding hydrogens is 1060 g/mol. The van der Waals surface area contributed by atoms with Crippen molar-refractivity contribution in [2.75, 3.05) is 41.7 Å². The van der Waals surface area contributed by atoms with E-state index < -0.39 is 35.6 Å². The zero-order chi connectivity index (χ0) is 57.1. The summed E-state index contributed by atoms with van der Waals surface area (Å²) in [5, 5.41) is 35.1. The fraction of sp³-hybridized carbons (Fsp3) is 0.460. The van der Waals surface area contributed by atoms with E-state index in [0.29, 0.717) is 90.0 Å². The summed E-state index contributed by atoms with van der Waals surface area (Å²) in [5.74, 6) is -1.88. The highest BCUT2D eigenvalue weighted by Gasteiger charge is 2.66. The van der Waals surface area contributed by atoms with Crippen molar-refractivity contribution in [3.05, 3.63) is 118 Å². The first-order valence-electron chi connectivity index (χ1n) is 29.3. The minimum absolute atomic E-state index is 0.0458. The Labute approximate surface area is 481 Å². The van der Waals surface area contributed by atoms with Gasteiger partial charge < -0.3 is 31.4 Å². The van der Waals surface area contributed by atoms with Crippen LogP contribution in [0.3, 0.4) is 0 Å². The largest absolute Gasteiger partial charge is 0.476 e. The zero-order valence-electron chi connectivity index (χ0n) is 46.5. The van der Waals surface area contributed by atoms with Gasteiger partial charge in [-0.2, -0.15) is 0 Å². The van der Waals surface area contributed by atoms with Crippen molar-refractivity contribution in [1.29, 1.82) is 5.41 Å². The van der Waals surface area contributed by atoms with Crippen LogP contribution >= 0.6 is 11.3 Å². The van der Waals surface area contributed by atoms with Crippen LogP contribution in [-0.4, -0.2) is 99.8 Å². The van der Waals surface area contributed by atoms with Crippen LogP contribution in [-0.2, 0) is 27.3 Å². The molecule has 0 spiro atoms. The average Bonchev–Trinajstić information content (AvgIpc) is 4.18. The molecule has 5 heterocycles. The van der Waals surface area contributed by atoms with Gasteiger partial charge in [-0.3, -0.25) is 44.3 Å². The standard InChI is InChI=1S/C63H72N10O8S/c1-38(45(34-64)42-22-24-51(69-54(42)59(79)80)72-29-26-40-16-14-17-43(46(40)35-72)55(75)71-61-68-47-19-10-11-21-50(47)82-61)67-37-63-32-39-30-41(63)33-62(31-39,36-63)60(81)66-28-13-9-7-5-3-2-4-6-8-12-27-65-48-20-15-18-44-53(48)58(78)73(57(44)77)49-23-25-52(74)70-56(49)76/h10-11,14-22,24,34,39,41,49,64-65,67H,2-9,12-13,23,25-33,35-37H2,1H3,(H,66,81)(H,79,80)(H,68,71,75)(H,70,74,76)/b45-38+,64-34?. The number of anilines is 3. The Kier molecular flexibility index (Phi) is 16.4. The molecule has 5 atom stereocenters. The van der Waals surface area contributed by atoms with E-state index in [1.54, 1.807) is 36.4 Å². The van der Waals surface area contributed by atoms with Crippen LogP contribution < -0.4 is 31.5 Å². The van der Waals surface area contributed by atoms with Gasteiger partial charge in [-0.25, -0.2) is 14.8 Å². The number of piperidine rings is 1. The maximum atomic E-state index is 14.0. The molecule has 4 aliphatic carbocycles. The normalized spacial score (nSPS) is 22.7. The van der Waals surface area contributed by atoms with Crippen LogP contribution in [0.15, 0.2) is 78.5 Å². The number of aromatic nitrogens is 2. The first kappa shape index (κ1) is 56.1. The number of benzene rings is 3. The van der Waals surface area contributed by atoms with E-state index in [1.165, 1.54) is 30.4 Å². The number of rotatable bonds is 25. The van der Waals surface area contributed by atoms with Gasteiger partial charge in [0.05, 0.1) is 26.8 Å². The molecule has 428 valence electrons. The molecule has 18 nitrogen and oxygen atoms in total. The van der Waals surface area contributed by atoms with Crippen LogP contribution in [0, 0.1) is 28.1 Å². The average molecular weight is 1130 g/mol. The minimum Gasteiger partial charge on any atom is -0.476 e. The number of para-hydroxylation sites is 1. The van der Waals surface area contributed by atoms with Crippen LogP contribution in [0.25, 0.3) is 15.8 Å². The lowest BCUT2D eigenvalue weighted by atomic mass is 9.66. The highest BCUT2D eigenvalue weighted by Crippen LogP contribution is 2.70. The van der Waals surface area contributed by atoms with Crippen LogP contribution in [0.1, 0.15) is 174 Å². The third-order valence-corrected chi connectivity index (χ3v) is 19.3. The molecular formula is C63H72N10O8S. The molecule has 5 unspecified atom stereocenters. The molecule has 3 aromatic carbocycles. The van der Waals surface area contributed by atoms with Gasteiger partial charge in [0, 0.05) is 73.4 Å². The number of nitrogens with zero attached hydrogens (tertiary/aromatic N) is 4. The number of pyridine rings is 1. The monoisotopic (exact) mass is 1130 g/mol. The number of hydrogen-bond acceptors (Lipinski definition) is 14. The van der Waals surface area contributed by atoms with E-state index in [2.05, 4.69) is 31.6 Å². The Morgan fingerprint density at radius 3 is 2.33 bits per heavy atom. The number of hydrogen-bond donors (Lipinski definition) is 7. The number of nitrogens with one attached hydrogen (secondary N) is 6. The molecule has 12 rings (SSSR count). The predicted molar refractivity (Wildman–Crippen MR) is 315 cm³/mol. The fourth-order valence-electron chi connectivity index (χ4n) is 14.4. The summed E-state index contributed by atoms with van der Waals surface area (Å²) in [5.41, 5.74) is 5.37. The Hall–Kier alpha value is -7.80. The van der Waals surface area contributed by atoms with E-state index in [9.17, 15) is 38.7 Å². The zero-order valence-corrected chi connectivity index (χ0v) is 47.3. The van der Waals surface area contributed by atoms with Gasteiger partial charge in [-0.05, 0) is 136 Å². The van der Waals surface area contributed by atoms with Gasteiger partial charge in [-0.15, -0.1) is 0 Å². The van der Waals surface area contributed by atoms with Gasteiger partial charge in [0.1, 0.15) is 11.9 Å². The van der Waals surface area contributed by atoms with Gasteiger partial charge in [-0.1, -0.05) is 93.0 Å². The van der Waals surface area contributed by atoms with Crippen molar-refractivity contribution in [2.24, 2.45) is 22.7 Å². The summed E-state index contributed by atoms with van der Waals surface area (Å²) < 4.78 is 0.982. The van der Waals surface area contributed by atoms with Crippen molar-refractivity contribution in [1.82, 2.24) is 30.8 Å². The smallest absolute Gasteiger partial charge is 0.355 e. The Morgan fingerprint density at radius 1 is 0.817 bits per heavy atom. The lowest BCUT2D eigenvalue weighted by molar-refractivity contribution is -0.136. The van der Waals surface area contributed by atoms with Gasteiger partial charge in [0.25, 0.3) is 17.7 Å². The maximum Gasteiger partial charge on any atom is 0.355 e. The van der Waals surface area contributed by atoms with Crippen LogP contribution in [0.2, 0.25) is 0 Å². The first-order chi connectivity index (χ1) is 39.7. The van der Waals surface area contributed by atoms with E-state index in [0.717, 1.165) is 110 Å². The molecule has 5 aromatic rings. The number of amides is 6. The Balaban J connectivity index is 0.601. The number of aromatic carboxylic acids is 1. The second-order valence-corrected chi connectivity index (χ2v) is 24.6. The van der Waals surface area contributed by atoms with Crippen molar-refractivity contribution in [3.8, 4) is 0 Å². The highest BCUT2D eigenvalue weighted by molar-refractivity contribution is 7.22. The molecule has 19 heteroatoms. The fourth-order valence-corrected chi connectivity index (χ4v) is 15.3. The molecule has 1 saturated heterocycles. The maximum absolute atomic E-state index is 14.0. The number of carboxylic acids is 1. The van der Waals surface area contributed by atoms with E-state index in [4.69, 9.17) is 10.4 Å². The quantitative estimate of drug-likeness (QED) is 0.0163. The number of allylic oxidation sites excluding steroid dienone is 2. The van der Waals surface area contributed by atoms with E-state index in [1.807, 2.05) is 48.2 Å². The number of carboxylic acid groups (broad SMARTS) is 1. The number of fused-ring (bicyclic) bond motifs is 3. The summed E-state index contributed by atoms with van der Waals surface area (Å²) >= 11 is 1.42. The number of thiazole rings is 1. The van der Waals surface area contributed by atoms with Crippen molar-refractivity contribution in [3.63, 3.8) is 0 Å². The summed E-state index contributed by atoms with van der Waals surface area (Å²) in [6, 6.07) is 21.1. The topological polar surface area (TPSA) is 256 Å². The molecule has 2 aromatic heterocycles. The lowest BCUT2D eigenvalue weighted by Gasteiger charge is -2.40. The molecule has 6 amide bonds. The molecule has 0 radical (unpaired) electrons. The lowest BCUT2D eigenvalue weighted by Crippen LogP contribution is -2.54. The van der Waals surface area contributed by atoms with Crippen LogP contribution in [0.5, 0.6) is 0 Å². The summed E-state index contributed by atoms with van der Waals surface area (Å²) in [6.45, 7) is 4.83. The number of carbonyl (C=O) groups excluding carboxylic acids is 6. The van der Waals surface area contributed by atoms with Gasteiger partial charge in [0.15, 0.2) is 10.8 Å². The molecule has 7 aliphatic rings. The molecule has 7 N–H and O–H groups in total.